The maximum absolute atomic E-state index is 12.4. The van der Waals surface area contributed by atoms with Crippen molar-refractivity contribution in [1.82, 2.24) is 19.9 Å². The second-order valence-electron chi connectivity index (χ2n) is 10.9. The van der Waals surface area contributed by atoms with E-state index >= 15 is 0 Å². The second kappa shape index (κ2) is 13.9. The number of halogens is 2. The van der Waals surface area contributed by atoms with Gasteiger partial charge in [-0.25, -0.2) is 37.9 Å². The van der Waals surface area contributed by atoms with Crippen molar-refractivity contribution in [3.63, 3.8) is 0 Å². The van der Waals surface area contributed by atoms with Gasteiger partial charge in [-0.05, 0) is 35.4 Å². The fourth-order valence-corrected chi connectivity index (χ4v) is 6.88. The quantitative estimate of drug-likeness (QED) is 0.180. The third-order valence-electron chi connectivity index (χ3n) is 7.67. The van der Waals surface area contributed by atoms with E-state index in [1.54, 1.807) is 13.8 Å². The number of amides is 2. The molecule has 6 N–H and O–H groups in total. The molecule has 0 saturated carbocycles. The Bertz CT molecular complexity index is 1980. The number of nitrogen functional groups attached to an aromatic ring is 2. The second-order valence-corrected chi connectivity index (χ2v) is 17.3. The number of benzene rings is 2. The number of hydrogen-bond donors (Lipinski definition) is 4. The summed E-state index contributed by atoms with van der Waals surface area (Å²) in [6, 6.07) is 15.2. The highest BCUT2D eigenvalue weighted by molar-refractivity contribution is 9.10. The molecule has 0 aliphatic carbocycles. The molecule has 48 heavy (non-hydrogen) atoms. The number of nitrogens with one attached hydrogen (secondary N) is 2. The van der Waals surface area contributed by atoms with Crippen molar-refractivity contribution >= 4 is 86.4 Å². The molecular formula is C30H32Br2N10O4S2. The largest absolute Gasteiger partial charge is 0.383 e. The third-order valence-corrected chi connectivity index (χ3v) is 11.9. The van der Waals surface area contributed by atoms with Gasteiger partial charge in [-0.15, -0.1) is 0 Å². The number of nitrogens with two attached hydrogens (primary N) is 2. The van der Waals surface area contributed by atoms with Crippen molar-refractivity contribution in [3.8, 4) is 0 Å². The topological polar surface area (TPSA) is 226 Å². The molecule has 0 saturated heterocycles. The zero-order chi connectivity index (χ0) is 35.0. The lowest BCUT2D eigenvalue weighted by Crippen LogP contribution is -2.27. The summed E-state index contributed by atoms with van der Waals surface area (Å²) in [5, 5.41) is -0.228. The Kier molecular flexibility index (Phi) is 10.2. The van der Waals surface area contributed by atoms with Crippen LogP contribution in [0.5, 0.6) is 0 Å². The van der Waals surface area contributed by atoms with Crippen LogP contribution in [0.2, 0.25) is 0 Å². The molecule has 4 heterocycles. The molecule has 6 rings (SSSR count). The monoisotopic (exact) mass is 818 g/mol. The molecule has 252 valence electrons. The molecule has 2 amide bonds. The molecule has 4 aromatic rings. The zero-order valence-electron chi connectivity index (χ0n) is 25.9. The Morgan fingerprint density at radius 2 is 1.00 bits per heavy atom. The molecule has 2 atom stereocenters. The number of carbonyl (C=O) groups excluding carboxylic acids is 2. The van der Waals surface area contributed by atoms with E-state index in [1.807, 2.05) is 48.5 Å². The highest BCUT2D eigenvalue weighted by atomic mass is 79.9. The number of carbonyl (C=O) groups is 2. The fourth-order valence-electron chi connectivity index (χ4n) is 4.88. The van der Waals surface area contributed by atoms with Crippen molar-refractivity contribution in [2.24, 2.45) is 0 Å². The van der Waals surface area contributed by atoms with Gasteiger partial charge in [0.15, 0.2) is 0 Å². The van der Waals surface area contributed by atoms with E-state index in [0.29, 0.717) is 35.9 Å². The molecule has 18 heteroatoms. The lowest BCUT2D eigenvalue weighted by Gasteiger charge is -2.17. The van der Waals surface area contributed by atoms with Crippen molar-refractivity contribution in [1.29, 1.82) is 9.56 Å². The molecule has 0 bridgehead atoms. The van der Waals surface area contributed by atoms with Gasteiger partial charge >= 0.3 is 0 Å². The Balaban J connectivity index is 0.000000188. The van der Waals surface area contributed by atoms with Gasteiger partial charge in [0.05, 0.1) is 25.9 Å². The van der Waals surface area contributed by atoms with Crippen LogP contribution in [0.15, 0.2) is 67.8 Å². The molecule has 0 spiro atoms. The number of fused-ring (bicyclic) bond motifs is 2. The molecule has 0 radical (unpaired) electrons. The van der Waals surface area contributed by atoms with Crippen molar-refractivity contribution in [3.05, 3.63) is 79.7 Å². The van der Waals surface area contributed by atoms with E-state index in [4.69, 9.17) is 21.0 Å². The normalized spacial score (nSPS) is 16.1. The van der Waals surface area contributed by atoms with Crippen LogP contribution in [0.1, 0.15) is 36.1 Å². The zero-order valence-corrected chi connectivity index (χ0v) is 30.7. The third kappa shape index (κ3) is 7.35. The van der Waals surface area contributed by atoms with Crippen LogP contribution < -0.4 is 21.3 Å². The predicted octanol–water partition coefficient (Wildman–Crippen LogP) is 4.67. The van der Waals surface area contributed by atoms with E-state index in [1.165, 1.54) is 9.80 Å². The molecule has 2 aromatic heterocycles. The van der Waals surface area contributed by atoms with Crippen LogP contribution in [0.25, 0.3) is 0 Å². The molecule has 2 aliphatic heterocycles. The summed E-state index contributed by atoms with van der Waals surface area (Å²) in [6.45, 7) is 3.93. The Labute approximate surface area is 295 Å². The lowest BCUT2D eigenvalue weighted by molar-refractivity contribution is -0.118. The van der Waals surface area contributed by atoms with Crippen LogP contribution >= 0.6 is 31.9 Å². The van der Waals surface area contributed by atoms with Gasteiger partial charge in [0.1, 0.15) is 42.7 Å². The van der Waals surface area contributed by atoms with E-state index in [-0.39, 0.29) is 58.1 Å². The number of anilines is 4. The maximum Gasteiger partial charge on any atom is 0.233 e. The Morgan fingerprint density at radius 3 is 1.31 bits per heavy atom. The van der Waals surface area contributed by atoms with Crippen LogP contribution in [-0.4, -0.2) is 51.7 Å². The van der Waals surface area contributed by atoms with Crippen LogP contribution in [0, 0.1) is 9.56 Å². The van der Waals surface area contributed by atoms with Crippen molar-refractivity contribution in [2.75, 3.05) is 32.8 Å². The van der Waals surface area contributed by atoms with Gasteiger partial charge in [0.2, 0.25) is 22.1 Å². The standard InChI is InChI=1S/2C15H16BrN5O2S/c2*1-2-24(18,23)15-19-13(17)11-7-12(22)21(14(11)20-15)8-9-3-5-10(16)6-4-9/h2*3-6,18H,2,7-8H2,1H3,(H2,17,19,20)/t2*24-/m10/s1. The van der Waals surface area contributed by atoms with E-state index in [9.17, 15) is 18.0 Å². The minimum Gasteiger partial charge on any atom is -0.383 e. The highest BCUT2D eigenvalue weighted by Gasteiger charge is 2.34. The number of hydrogen-bond acceptors (Lipinski definition) is 12. The summed E-state index contributed by atoms with van der Waals surface area (Å²) in [5.74, 6) is 0.860. The van der Waals surface area contributed by atoms with E-state index < -0.39 is 19.5 Å². The average molecular weight is 821 g/mol. The smallest absolute Gasteiger partial charge is 0.233 e. The molecule has 2 aliphatic rings. The summed E-state index contributed by atoms with van der Waals surface area (Å²) in [4.78, 5) is 44.2. The highest BCUT2D eigenvalue weighted by Crippen LogP contribution is 2.34. The van der Waals surface area contributed by atoms with Gasteiger partial charge in [0, 0.05) is 31.6 Å². The first-order chi connectivity index (χ1) is 22.6. The molecular weight excluding hydrogens is 788 g/mol. The molecule has 2 aromatic carbocycles. The van der Waals surface area contributed by atoms with Gasteiger partial charge in [0.25, 0.3) is 0 Å². The van der Waals surface area contributed by atoms with E-state index in [0.717, 1.165) is 20.1 Å². The Hall–Kier alpha value is -4.00. The van der Waals surface area contributed by atoms with Crippen molar-refractivity contribution < 1.29 is 18.0 Å². The molecule has 14 nitrogen and oxygen atoms in total. The van der Waals surface area contributed by atoms with Gasteiger partial charge in [-0.2, -0.15) is 0 Å². The summed E-state index contributed by atoms with van der Waals surface area (Å²) in [5.41, 5.74) is 14.8. The molecule has 0 unspecified atom stereocenters. The predicted molar refractivity (Wildman–Crippen MR) is 190 cm³/mol. The van der Waals surface area contributed by atoms with Crippen LogP contribution in [0.3, 0.4) is 0 Å². The minimum absolute atomic E-state index is 0.0892. The summed E-state index contributed by atoms with van der Waals surface area (Å²) < 4.78 is 42.2. The first-order valence-corrected chi connectivity index (χ1v) is 19.6. The average Bonchev–Trinajstić information content (AvgIpc) is 3.55. The summed E-state index contributed by atoms with van der Waals surface area (Å²) in [7, 11) is -6.22. The Morgan fingerprint density at radius 1 is 0.667 bits per heavy atom. The number of aromatic nitrogens is 4. The van der Waals surface area contributed by atoms with Gasteiger partial charge in [-0.3, -0.25) is 19.4 Å². The molecule has 0 fully saturated rings. The number of rotatable bonds is 8. The van der Waals surface area contributed by atoms with E-state index in [2.05, 4.69) is 51.8 Å². The number of nitrogens with zero attached hydrogens (tertiary/aromatic N) is 6. The van der Waals surface area contributed by atoms with Gasteiger partial charge < -0.3 is 11.5 Å². The summed E-state index contributed by atoms with van der Waals surface area (Å²) >= 11 is 6.75. The van der Waals surface area contributed by atoms with Crippen molar-refractivity contribution in [2.45, 2.75) is 50.1 Å². The summed E-state index contributed by atoms with van der Waals surface area (Å²) in [6.07, 6.45) is 0.229. The lowest BCUT2D eigenvalue weighted by atomic mass is 10.2. The minimum atomic E-state index is -3.11. The SMILES string of the molecule is CC[S@@](=N)(=O)c1nc(N)c2c(n1)N(Cc1ccc(Br)cc1)C(=O)C2.CC[S@](=N)(=O)c1nc(N)c2c(n1)N(Cc1ccc(Br)cc1)C(=O)C2. The van der Waals surface area contributed by atoms with Gasteiger partial charge in [-0.1, -0.05) is 70.0 Å². The fraction of sp³-hybridized carbons (Fsp3) is 0.267. The first kappa shape index (κ1) is 35.3. The maximum atomic E-state index is 12.4. The first-order valence-electron chi connectivity index (χ1n) is 14.6. The van der Waals surface area contributed by atoms with Crippen LogP contribution in [0.4, 0.5) is 23.3 Å². The van der Waals surface area contributed by atoms with Crippen LogP contribution in [-0.2, 0) is 55.0 Å².